The van der Waals surface area contributed by atoms with Crippen LogP contribution >= 0.6 is 0 Å². The molecule has 1 aromatic carbocycles. The summed E-state index contributed by atoms with van der Waals surface area (Å²) in [4.78, 5) is 17.2. The van der Waals surface area contributed by atoms with Gasteiger partial charge in [0.15, 0.2) is 0 Å². The Kier molecular flexibility index (Phi) is 4.44. The lowest BCUT2D eigenvalue weighted by Crippen LogP contribution is -2.15. The summed E-state index contributed by atoms with van der Waals surface area (Å²) in [6.07, 6.45) is 1.37. The molecule has 0 fully saturated rings. The number of esters is 1. The molecule has 0 N–H and O–H groups in total. The highest BCUT2D eigenvalue weighted by atomic mass is 19.1. The second kappa shape index (κ2) is 6.61. The molecule has 0 aliphatic carbocycles. The number of aryl methyl sites for hydroxylation is 2. The first-order valence-corrected chi connectivity index (χ1v) is 9.66. The van der Waals surface area contributed by atoms with Crippen molar-refractivity contribution in [3.05, 3.63) is 52.0 Å². The monoisotopic (exact) mass is 399 g/mol. The second-order valence-corrected chi connectivity index (χ2v) is 8.58. The van der Waals surface area contributed by atoms with Gasteiger partial charge in [-0.25, -0.2) is 14.2 Å². The topological polar surface area (TPSA) is 57.0 Å². The highest BCUT2D eigenvalue weighted by Gasteiger charge is 2.30. The average Bonchev–Trinajstić information content (AvgIpc) is 3.18. The SMILES string of the molecule is Cc1nc2c(F)cc(C(C)(C)C)cc2c(OC(=O)c2c(F)nn3c2CCC3)c1C. The van der Waals surface area contributed by atoms with Gasteiger partial charge in [0.05, 0.1) is 5.69 Å². The molecule has 0 unspecified atom stereocenters. The Morgan fingerprint density at radius 2 is 1.93 bits per heavy atom. The molecule has 5 nitrogen and oxygen atoms in total. The summed E-state index contributed by atoms with van der Waals surface area (Å²) in [7, 11) is 0. The van der Waals surface area contributed by atoms with Crippen molar-refractivity contribution >= 4 is 16.9 Å². The molecule has 0 bridgehead atoms. The molecule has 1 aliphatic rings. The standard InChI is InChI=1S/C22H23F2N3O2/c1-11-12(2)25-18-14(9-13(10-15(18)23)22(3,4)5)19(11)29-21(28)17-16-7-6-8-27(16)26-20(17)24/h9-10H,6-8H2,1-5H3. The molecule has 0 amide bonds. The summed E-state index contributed by atoms with van der Waals surface area (Å²) < 4.78 is 36.3. The highest BCUT2D eigenvalue weighted by Crippen LogP contribution is 2.36. The molecule has 1 aliphatic heterocycles. The molecule has 0 atom stereocenters. The minimum Gasteiger partial charge on any atom is -0.422 e. The molecule has 7 heteroatoms. The summed E-state index contributed by atoms with van der Waals surface area (Å²) in [6.45, 7) is 9.97. The quantitative estimate of drug-likeness (QED) is 0.582. The van der Waals surface area contributed by atoms with Crippen molar-refractivity contribution in [2.45, 2.75) is 59.4 Å². The van der Waals surface area contributed by atoms with Crippen molar-refractivity contribution in [1.82, 2.24) is 14.8 Å². The maximum atomic E-state index is 14.8. The van der Waals surface area contributed by atoms with Crippen LogP contribution in [0.2, 0.25) is 0 Å². The van der Waals surface area contributed by atoms with E-state index in [1.807, 2.05) is 20.8 Å². The van der Waals surface area contributed by atoms with Gasteiger partial charge in [-0.1, -0.05) is 20.8 Å². The third kappa shape index (κ3) is 3.18. The van der Waals surface area contributed by atoms with Gasteiger partial charge in [-0.05, 0) is 49.8 Å². The number of pyridine rings is 1. The summed E-state index contributed by atoms with van der Waals surface area (Å²) >= 11 is 0. The number of ether oxygens (including phenoxy) is 1. The molecule has 0 radical (unpaired) electrons. The van der Waals surface area contributed by atoms with Crippen molar-refractivity contribution in [2.24, 2.45) is 0 Å². The van der Waals surface area contributed by atoms with Gasteiger partial charge < -0.3 is 4.74 Å². The van der Waals surface area contributed by atoms with Crippen molar-refractivity contribution in [3.63, 3.8) is 0 Å². The van der Waals surface area contributed by atoms with Crippen LogP contribution in [0.3, 0.4) is 0 Å². The molecule has 4 rings (SSSR count). The minimum atomic E-state index is -0.834. The maximum Gasteiger partial charge on any atom is 0.350 e. The van der Waals surface area contributed by atoms with Crippen LogP contribution in [0, 0.1) is 25.6 Å². The fraction of sp³-hybridized carbons (Fsp3) is 0.409. The predicted molar refractivity (Wildman–Crippen MR) is 105 cm³/mol. The zero-order chi connectivity index (χ0) is 21.1. The van der Waals surface area contributed by atoms with Crippen LogP contribution in [-0.2, 0) is 18.4 Å². The third-order valence-corrected chi connectivity index (χ3v) is 5.53. The second-order valence-electron chi connectivity index (χ2n) is 8.58. The van der Waals surface area contributed by atoms with Gasteiger partial charge in [-0.3, -0.25) is 4.68 Å². The van der Waals surface area contributed by atoms with E-state index in [1.54, 1.807) is 19.9 Å². The van der Waals surface area contributed by atoms with Crippen LogP contribution in [0.15, 0.2) is 12.1 Å². The summed E-state index contributed by atoms with van der Waals surface area (Å²) in [6, 6.07) is 3.25. The largest absolute Gasteiger partial charge is 0.422 e. The van der Waals surface area contributed by atoms with E-state index < -0.39 is 17.7 Å². The molecule has 3 aromatic rings. The van der Waals surface area contributed by atoms with Gasteiger partial charge in [0.25, 0.3) is 0 Å². The number of benzene rings is 1. The first-order chi connectivity index (χ1) is 13.6. The van der Waals surface area contributed by atoms with E-state index >= 15 is 0 Å². The Balaban J connectivity index is 1.88. The fourth-order valence-electron chi connectivity index (χ4n) is 3.71. The number of fused-ring (bicyclic) bond motifs is 2. The van der Waals surface area contributed by atoms with E-state index in [-0.39, 0.29) is 22.2 Å². The smallest absolute Gasteiger partial charge is 0.350 e. The van der Waals surface area contributed by atoms with E-state index in [0.717, 1.165) is 12.0 Å². The molecule has 152 valence electrons. The Hall–Kier alpha value is -2.83. The van der Waals surface area contributed by atoms with Crippen LogP contribution in [0.4, 0.5) is 8.78 Å². The number of rotatable bonds is 2. The van der Waals surface area contributed by atoms with E-state index in [1.165, 1.54) is 10.7 Å². The lowest BCUT2D eigenvalue weighted by atomic mass is 9.86. The van der Waals surface area contributed by atoms with Gasteiger partial charge >= 0.3 is 5.97 Å². The Morgan fingerprint density at radius 1 is 1.21 bits per heavy atom. The predicted octanol–water partition coefficient (Wildman–Crippen LogP) is 4.79. The highest BCUT2D eigenvalue weighted by molar-refractivity contribution is 5.96. The number of carbonyl (C=O) groups is 1. The molecule has 3 heterocycles. The van der Waals surface area contributed by atoms with E-state index in [0.29, 0.717) is 35.3 Å². The lowest BCUT2D eigenvalue weighted by Gasteiger charge is -2.21. The van der Waals surface area contributed by atoms with Crippen molar-refractivity contribution in [1.29, 1.82) is 0 Å². The van der Waals surface area contributed by atoms with Gasteiger partial charge in [0, 0.05) is 23.2 Å². The Morgan fingerprint density at radius 3 is 2.62 bits per heavy atom. The lowest BCUT2D eigenvalue weighted by molar-refractivity contribution is 0.0729. The third-order valence-electron chi connectivity index (χ3n) is 5.53. The summed E-state index contributed by atoms with van der Waals surface area (Å²) in [5.41, 5.74) is 2.13. The average molecular weight is 399 g/mol. The molecular formula is C22H23F2N3O2. The molecule has 29 heavy (non-hydrogen) atoms. The zero-order valence-electron chi connectivity index (χ0n) is 17.2. The molecule has 0 saturated heterocycles. The van der Waals surface area contributed by atoms with Crippen LogP contribution < -0.4 is 4.74 Å². The van der Waals surface area contributed by atoms with Gasteiger partial charge in [-0.15, -0.1) is 5.10 Å². The summed E-state index contributed by atoms with van der Waals surface area (Å²) in [5.74, 6) is -1.92. The molecule has 0 spiro atoms. The number of halogens is 2. The number of hydrogen-bond donors (Lipinski definition) is 0. The maximum absolute atomic E-state index is 14.8. The van der Waals surface area contributed by atoms with Crippen LogP contribution in [0.1, 0.15) is 60.1 Å². The molecule has 0 saturated carbocycles. The van der Waals surface area contributed by atoms with E-state index in [2.05, 4.69) is 10.1 Å². The fourth-order valence-corrected chi connectivity index (χ4v) is 3.71. The van der Waals surface area contributed by atoms with E-state index in [4.69, 9.17) is 4.74 Å². The van der Waals surface area contributed by atoms with Crippen LogP contribution in [-0.4, -0.2) is 20.7 Å². The minimum absolute atomic E-state index is 0.129. The number of hydrogen-bond acceptors (Lipinski definition) is 4. The van der Waals surface area contributed by atoms with Crippen molar-refractivity contribution < 1.29 is 18.3 Å². The number of aromatic nitrogens is 3. The summed E-state index contributed by atoms with van der Waals surface area (Å²) in [5, 5.41) is 4.19. The Bertz CT molecular complexity index is 1160. The van der Waals surface area contributed by atoms with Crippen molar-refractivity contribution in [3.8, 4) is 5.75 Å². The van der Waals surface area contributed by atoms with Gasteiger partial charge in [-0.2, -0.15) is 4.39 Å². The normalized spacial score (nSPS) is 13.8. The number of carbonyl (C=O) groups excluding carboxylic acids is 1. The van der Waals surface area contributed by atoms with Crippen LogP contribution in [0.5, 0.6) is 5.75 Å². The van der Waals surface area contributed by atoms with Crippen molar-refractivity contribution in [2.75, 3.05) is 0 Å². The Labute approximate surface area is 167 Å². The number of nitrogens with zero attached hydrogens (tertiary/aromatic N) is 3. The molecule has 2 aromatic heterocycles. The molecular weight excluding hydrogens is 376 g/mol. The first-order valence-electron chi connectivity index (χ1n) is 9.66. The van der Waals surface area contributed by atoms with Crippen LogP contribution in [0.25, 0.3) is 10.9 Å². The zero-order valence-corrected chi connectivity index (χ0v) is 17.2. The van der Waals surface area contributed by atoms with Gasteiger partial charge in [0.2, 0.25) is 5.95 Å². The van der Waals surface area contributed by atoms with E-state index in [9.17, 15) is 13.6 Å². The first kappa shape index (κ1) is 19.5. The van der Waals surface area contributed by atoms with Gasteiger partial charge in [0.1, 0.15) is 22.6 Å².